The molecule has 3 aromatic carbocycles. The summed E-state index contributed by atoms with van der Waals surface area (Å²) in [5, 5.41) is 0.937. The predicted molar refractivity (Wildman–Crippen MR) is 132 cm³/mol. The molecule has 1 heterocycles. The van der Waals surface area contributed by atoms with Crippen LogP contribution in [-0.2, 0) is 9.59 Å². The van der Waals surface area contributed by atoms with Crippen molar-refractivity contribution in [2.45, 2.75) is 19.4 Å². The molecule has 1 N–H and O–H groups in total. The molecular weight excluding hydrogens is 462 g/mol. The molecule has 1 unspecified atom stereocenters. The Morgan fingerprint density at radius 2 is 1.64 bits per heavy atom. The van der Waals surface area contributed by atoms with Gasteiger partial charge >= 0.3 is 0 Å². The van der Waals surface area contributed by atoms with Crippen LogP contribution in [0.1, 0.15) is 32.7 Å². The number of imide groups is 1. The van der Waals surface area contributed by atoms with Crippen molar-refractivity contribution in [3.8, 4) is 11.5 Å². The molecule has 0 radical (unpaired) electrons. The van der Waals surface area contributed by atoms with Crippen LogP contribution in [0.3, 0.4) is 0 Å². The summed E-state index contributed by atoms with van der Waals surface area (Å²) in [5.74, 6) is -1.74. The summed E-state index contributed by atoms with van der Waals surface area (Å²) in [6, 6.07) is 18.5. The molecule has 0 saturated carbocycles. The Morgan fingerprint density at radius 1 is 0.917 bits per heavy atom. The van der Waals surface area contributed by atoms with E-state index in [4.69, 9.17) is 9.47 Å². The monoisotopic (exact) mass is 487 g/mol. The number of amides is 4. The number of rotatable bonds is 6. The highest BCUT2D eigenvalue weighted by Crippen LogP contribution is 2.36. The number of anilines is 1. The van der Waals surface area contributed by atoms with Gasteiger partial charge in [0.1, 0.15) is 17.5 Å². The summed E-state index contributed by atoms with van der Waals surface area (Å²) < 4.78 is 10.6. The standard InChI is InChI=1S/C27H25N3O6/c1-17-8-7-11-19(14-17)25(32)28-30(26(33)18-9-5-4-6-10-18)22-16-24(31)29(27(22)34)21-15-20(35-2)12-13-23(21)36-3/h4-15,22H,16H2,1-3H3,(H,28,32). The van der Waals surface area contributed by atoms with Crippen molar-refractivity contribution in [3.05, 3.63) is 89.5 Å². The molecule has 0 aliphatic carbocycles. The van der Waals surface area contributed by atoms with E-state index in [0.717, 1.165) is 15.5 Å². The van der Waals surface area contributed by atoms with E-state index in [1.165, 1.54) is 20.3 Å². The number of carbonyl (C=O) groups excluding carboxylic acids is 4. The molecule has 184 valence electrons. The van der Waals surface area contributed by atoms with Crippen LogP contribution in [0.5, 0.6) is 11.5 Å². The minimum Gasteiger partial charge on any atom is -0.497 e. The topological polar surface area (TPSA) is 105 Å². The molecule has 1 fully saturated rings. The third kappa shape index (κ3) is 4.76. The molecule has 4 rings (SSSR count). The van der Waals surface area contributed by atoms with Crippen molar-refractivity contribution >= 4 is 29.3 Å². The average Bonchev–Trinajstić information content (AvgIpc) is 3.19. The van der Waals surface area contributed by atoms with Crippen LogP contribution in [0.15, 0.2) is 72.8 Å². The smallest absolute Gasteiger partial charge is 0.273 e. The van der Waals surface area contributed by atoms with Crippen LogP contribution >= 0.6 is 0 Å². The summed E-state index contributed by atoms with van der Waals surface area (Å²) in [7, 11) is 2.88. The normalized spacial score (nSPS) is 15.0. The van der Waals surface area contributed by atoms with E-state index in [9.17, 15) is 19.2 Å². The number of nitrogens with zero attached hydrogens (tertiary/aromatic N) is 2. The van der Waals surface area contributed by atoms with Gasteiger partial charge in [-0.25, -0.2) is 9.91 Å². The predicted octanol–water partition coefficient (Wildman–Crippen LogP) is 3.13. The number of benzene rings is 3. The third-order valence-corrected chi connectivity index (χ3v) is 5.80. The maximum absolute atomic E-state index is 13.6. The first-order chi connectivity index (χ1) is 17.3. The van der Waals surface area contributed by atoms with Gasteiger partial charge in [-0.2, -0.15) is 0 Å². The molecule has 4 amide bonds. The maximum atomic E-state index is 13.6. The van der Waals surface area contributed by atoms with E-state index in [-0.39, 0.29) is 23.4 Å². The molecule has 9 heteroatoms. The van der Waals surface area contributed by atoms with E-state index in [1.54, 1.807) is 60.7 Å². The number of nitrogens with one attached hydrogen (secondary N) is 1. The van der Waals surface area contributed by atoms with Crippen molar-refractivity contribution in [2.24, 2.45) is 0 Å². The Kier molecular flexibility index (Phi) is 7.00. The van der Waals surface area contributed by atoms with Crippen LogP contribution in [-0.4, -0.2) is 48.9 Å². The van der Waals surface area contributed by atoms with Gasteiger partial charge in [0, 0.05) is 17.2 Å². The minimum absolute atomic E-state index is 0.187. The molecule has 0 spiro atoms. The Hall–Kier alpha value is -4.66. The van der Waals surface area contributed by atoms with Crippen LogP contribution in [0.2, 0.25) is 0 Å². The van der Waals surface area contributed by atoms with Gasteiger partial charge in [0.2, 0.25) is 5.91 Å². The largest absolute Gasteiger partial charge is 0.497 e. The number of carbonyl (C=O) groups is 4. The summed E-state index contributed by atoms with van der Waals surface area (Å²) >= 11 is 0. The molecule has 1 aliphatic rings. The molecule has 9 nitrogen and oxygen atoms in total. The van der Waals surface area contributed by atoms with Gasteiger partial charge in [0.05, 0.1) is 26.3 Å². The second-order valence-electron chi connectivity index (χ2n) is 8.18. The van der Waals surface area contributed by atoms with Crippen LogP contribution < -0.4 is 19.8 Å². The highest BCUT2D eigenvalue weighted by atomic mass is 16.5. The van der Waals surface area contributed by atoms with Crippen LogP contribution in [0.25, 0.3) is 0 Å². The summed E-state index contributed by atoms with van der Waals surface area (Å²) in [6.07, 6.45) is -0.328. The Morgan fingerprint density at radius 3 is 2.31 bits per heavy atom. The summed E-state index contributed by atoms with van der Waals surface area (Å²) in [6.45, 7) is 1.84. The van der Waals surface area contributed by atoms with Crippen LogP contribution in [0, 0.1) is 6.92 Å². The van der Waals surface area contributed by atoms with Crippen LogP contribution in [0.4, 0.5) is 5.69 Å². The lowest BCUT2D eigenvalue weighted by Gasteiger charge is -2.28. The lowest BCUT2D eigenvalue weighted by molar-refractivity contribution is -0.122. The zero-order valence-corrected chi connectivity index (χ0v) is 20.1. The molecule has 3 aromatic rings. The lowest BCUT2D eigenvalue weighted by Crippen LogP contribution is -2.54. The van der Waals surface area contributed by atoms with Gasteiger partial charge in [0.25, 0.3) is 17.7 Å². The highest BCUT2D eigenvalue weighted by Gasteiger charge is 2.46. The van der Waals surface area contributed by atoms with Gasteiger partial charge in [0.15, 0.2) is 0 Å². The highest BCUT2D eigenvalue weighted by molar-refractivity contribution is 6.24. The van der Waals surface area contributed by atoms with Gasteiger partial charge in [-0.05, 0) is 43.3 Å². The second-order valence-corrected chi connectivity index (χ2v) is 8.18. The van der Waals surface area contributed by atoms with E-state index in [1.807, 2.05) is 13.0 Å². The summed E-state index contributed by atoms with van der Waals surface area (Å²) in [5.41, 5.74) is 4.16. The van der Waals surface area contributed by atoms with Gasteiger partial charge in [-0.1, -0.05) is 35.9 Å². The third-order valence-electron chi connectivity index (χ3n) is 5.80. The lowest BCUT2D eigenvalue weighted by atomic mass is 10.1. The summed E-state index contributed by atoms with van der Waals surface area (Å²) in [4.78, 5) is 54.2. The fourth-order valence-electron chi connectivity index (χ4n) is 3.99. The van der Waals surface area contributed by atoms with Gasteiger partial charge in [-0.15, -0.1) is 0 Å². The first-order valence-corrected chi connectivity index (χ1v) is 11.2. The minimum atomic E-state index is -1.27. The van der Waals surface area contributed by atoms with Crippen molar-refractivity contribution < 1.29 is 28.7 Å². The molecule has 1 atom stereocenters. The maximum Gasteiger partial charge on any atom is 0.273 e. The molecule has 1 saturated heterocycles. The zero-order valence-electron chi connectivity index (χ0n) is 20.1. The SMILES string of the molecule is COc1ccc(OC)c(N2C(=O)CC(N(NC(=O)c3cccc(C)c3)C(=O)c3ccccc3)C2=O)c1. The Bertz CT molecular complexity index is 1320. The number of hydrogen-bond acceptors (Lipinski definition) is 6. The fourth-order valence-corrected chi connectivity index (χ4v) is 3.99. The second kappa shape index (κ2) is 10.3. The van der Waals surface area contributed by atoms with E-state index < -0.39 is 29.7 Å². The Balaban J connectivity index is 1.71. The number of hydrazine groups is 1. The van der Waals surface area contributed by atoms with Crippen molar-refractivity contribution in [2.75, 3.05) is 19.1 Å². The number of methoxy groups -OCH3 is 2. The fraction of sp³-hybridized carbons (Fsp3) is 0.185. The number of ether oxygens (including phenoxy) is 2. The molecule has 36 heavy (non-hydrogen) atoms. The van der Waals surface area contributed by atoms with Crippen molar-refractivity contribution in [3.63, 3.8) is 0 Å². The zero-order chi connectivity index (χ0) is 25.8. The van der Waals surface area contributed by atoms with Gasteiger partial charge < -0.3 is 9.47 Å². The van der Waals surface area contributed by atoms with Crippen molar-refractivity contribution in [1.29, 1.82) is 0 Å². The van der Waals surface area contributed by atoms with Crippen molar-refractivity contribution in [1.82, 2.24) is 10.4 Å². The molecule has 0 bridgehead atoms. The Labute approximate surface area is 208 Å². The first-order valence-electron chi connectivity index (χ1n) is 11.2. The number of hydrogen-bond donors (Lipinski definition) is 1. The van der Waals surface area contributed by atoms with E-state index in [2.05, 4.69) is 5.43 Å². The van der Waals surface area contributed by atoms with E-state index in [0.29, 0.717) is 11.3 Å². The molecule has 1 aliphatic heterocycles. The molecule has 0 aromatic heterocycles. The quantitative estimate of drug-likeness (QED) is 0.423. The average molecular weight is 488 g/mol. The molecular formula is C27H25N3O6. The van der Waals surface area contributed by atoms with Gasteiger partial charge in [-0.3, -0.25) is 24.6 Å². The number of aryl methyl sites for hydroxylation is 1. The van der Waals surface area contributed by atoms with E-state index >= 15 is 0 Å². The first kappa shape index (κ1) is 24.5.